The fourth-order valence-electron chi connectivity index (χ4n) is 3.34. The molecule has 0 unspecified atom stereocenters. The number of carboxylic acid groups (broad SMARTS) is 1. The van der Waals surface area contributed by atoms with Crippen LogP contribution >= 0.6 is 36.4 Å². The van der Waals surface area contributed by atoms with Gasteiger partial charge in [-0.15, -0.1) is 24.8 Å². The summed E-state index contributed by atoms with van der Waals surface area (Å²) >= 11 is 5.95. The molecule has 0 bridgehead atoms. The highest BCUT2D eigenvalue weighted by atomic mass is 35.5. The summed E-state index contributed by atoms with van der Waals surface area (Å²) in [5, 5.41) is 13.5. The van der Waals surface area contributed by atoms with E-state index in [9.17, 15) is 14.7 Å². The first-order valence-corrected chi connectivity index (χ1v) is 10.3. The number of hydrogen-bond acceptors (Lipinski definition) is 4. The smallest absolute Gasteiger partial charge is 0.336 e. The molecule has 0 atom stereocenters. The number of carbonyl (C=O) groups excluding carboxylic acids is 1. The Bertz CT molecular complexity index is 1090. The van der Waals surface area contributed by atoms with E-state index in [2.05, 4.69) is 29.0 Å². The normalized spacial score (nSPS) is 10.1. The molecule has 2 N–H and O–H groups in total. The number of nitrogens with one attached hydrogen (secondary N) is 1. The zero-order valence-electron chi connectivity index (χ0n) is 17.8. The van der Waals surface area contributed by atoms with Crippen molar-refractivity contribution >= 4 is 70.7 Å². The minimum Gasteiger partial charge on any atom is -0.478 e. The van der Waals surface area contributed by atoms with Crippen molar-refractivity contribution in [3.63, 3.8) is 0 Å². The Morgan fingerprint density at radius 1 is 1.03 bits per heavy atom. The number of halogens is 3. The maximum absolute atomic E-state index is 12.5. The molecule has 1 aromatic heterocycles. The van der Waals surface area contributed by atoms with E-state index in [0.717, 1.165) is 25.9 Å². The fourth-order valence-corrected chi connectivity index (χ4v) is 3.53. The minimum atomic E-state index is -1.03. The Morgan fingerprint density at radius 3 is 2.31 bits per heavy atom. The third-order valence-corrected chi connectivity index (χ3v) is 4.92. The number of hydrogen-bond donors (Lipinski definition) is 2. The predicted octanol–water partition coefficient (Wildman–Crippen LogP) is 6.31. The molecule has 0 aliphatic heterocycles. The van der Waals surface area contributed by atoms with Crippen molar-refractivity contribution < 1.29 is 14.7 Å². The topological polar surface area (TPSA) is 82.5 Å². The standard InChI is InChI=1S/C23H24ClN3O3.2ClH/c1-3-10-27(11-4-2)21-14-19(23(29)30)18-13-17(8-9-20(18)26-21)25-22(28)15-6-5-7-16(24)12-15;;/h5-9,12-14H,3-4,10-11H2,1-2H3,(H,25,28)(H,29,30);2*1H. The van der Waals surface area contributed by atoms with Crippen LogP contribution in [0.4, 0.5) is 11.5 Å². The Kier molecular flexibility index (Phi) is 10.7. The highest BCUT2D eigenvalue weighted by Gasteiger charge is 2.16. The van der Waals surface area contributed by atoms with E-state index >= 15 is 0 Å². The van der Waals surface area contributed by atoms with Crippen molar-refractivity contribution in [1.29, 1.82) is 0 Å². The molecule has 0 saturated heterocycles. The van der Waals surface area contributed by atoms with Gasteiger partial charge >= 0.3 is 5.97 Å². The molecule has 1 heterocycles. The van der Waals surface area contributed by atoms with E-state index < -0.39 is 5.97 Å². The number of rotatable bonds is 8. The third kappa shape index (κ3) is 6.48. The monoisotopic (exact) mass is 497 g/mol. The summed E-state index contributed by atoms with van der Waals surface area (Å²) in [4.78, 5) is 31.2. The van der Waals surface area contributed by atoms with E-state index in [1.54, 1.807) is 48.5 Å². The molecular weight excluding hydrogens is 473 g/mol. The molecule has 1 amide bonds. The average molecular weight is 499 g/mol. The number of nitrogens with zero attached hydrogens (tertiary/aromatic N) is 2. The van der Waals surface area contributed by atoms with Crippen LogP contribution in [-0.2, 0) is 0 Å². The first-order chi connectivity index (χ1) is 14.4. The number of benzene rings is 2. The van der Waals surface area contributed by atoms with Crippen LogP contribution < -0.4 is 10.2 Å². The van der Waals surface area contributed by atoms with Gasteiger partial charge in [-0.25, -0.2) is 9.78 Å². The summed E-state index contributed by atoms with van der Waals surface area (Å²) in [7, 11) is 0. The van der Waals surface area contributed by atoms with Crippen LogP contribution in [0.2, 0.25) is 5.02 Å². The van der Waals surface area contributed by atoms with Crippen LogP contribution in [0.5, 0.6) is 0 Å². The molecule has 3 rings (SSSR count). The highest BCUT2D eigenvalue weighted by molar-refractivity contribution is 6.31. The van der Waals surface area contributed by atoms with Crippen LogP contribution in [0.1, 0.15) is 47.4 Å². The number of carboxylic acids is 1. The summed E-state index contributed by atoms with van der Waals surface area (Å²) in [5.41, 5.74) is 1.64. The zero-order chi connectivity index (χ0) is 21.7. The maximum atomic E-state index is 12.5. The van der Waals surface area contributed by atoms with Gasteiger partial charge in [-0.1, -0.05) is 31.5 Å². The van der Waals surface area contributed by atoms with Crippen LogP contribution in [0.15, 0.2) is 48.5 Å². The molecule has 0 radical (unpaired) electrons. The van der Waals surface area contributed by atoms with Crippen molar-refractivity contribution in [2.45, 2.75) is 26.7 Å². The van der Waals surface area contributed by atoms with Gasteiger partial charge in [0.1, 0.15) is 5.82 Å². The van der Waals surface area contributed by atoms with Crippen molar-refractivity contribution in [2.24, 2.45) is 0 Å². The third-order valence-electron chi connectivity index (χ3n) is 4.68. The quantitative estimate of drug-likeness (QED) is 0.380. The lowest BCUT2D eigenvalue weighted by Gasteiger charge is -2.23. The van der Waals surface area contributed by atoms with Gasteiger partial charge in [-0.3, -0.25) is 4.79 Å². The molecule has 6 nitrogen and oxygen atoms in total. The van der Waals surface area contributed by atoms with E-state index in [4.69, 9.17) is 11.6 Å². The fraction of sp³-hybridized carbons (Fsp3) is 0.261. The van der Waals surface area contributed by atoms with E-state index in [-0.39, 0.29) is 36.3 Å². The van der Waals surface area contributed by atoms with Crippen LogP contribution in [0, 0.1) is 0 Å². The van der Waals surface area contributed by atoms with Gasteiger partial charge in [0.05, 0.1) is 11.1 Å². The first kappa shape index (κ1) is 27.5. The maximum Gasteiger partial charge on any atom is 0.336 e. The predicted molar refractivity (Wildman–Crippen MR) is 135 cm³/mol. The summed E-state index contributed by atoms with van der Waals surface area (Å²) in [6, 6.07) is 13.3. The Morgan fingerprint density at radius 2 is 1.72 bits per heavy atom. The summed E-state index contributed by atoms with van der Waals surface area (Å²) in [5.74, 6) is -0.704. The Balaban J connectivity index is 0.00000256. The number of carbonyl (C=O) groups is 2. The second kappa shape index (κ2) is 12.5. The number of anilines is 2. The second-order valence-corrected chi connectivity index (χ2v) is 7.45. The largest absolute Gasteiger partial charge is 0.478 e. The molecule has 172 valence electrons. The summed E-state index contributed by atoms with van der Waals surface area (Å²) in [6.07, 6.45) is 1.88. The van der Waals surface area contributed by atoms with Gasteiger partial charge in [0.15, 0.2) is 0 Å². The number of pyridine rings is 1. The van der Waals surface area contributed by atoms with Crippen molar-refractivity contribution in [1.82, 2.24) is 4.98 Å². The van der Waals surface area contributed by atoms with Crippen molar-refractivity contribution in [2.75, 3.05) is 23.3 Å². The molecule has 3 aromatic rings. The number of fused-ring (bicyclic) bond motifs is 1. The lowest BCUT2D eigenvalue weighted by atomic mass is 10.1. The van der Waals surface area contributed by atoms with Gasteiger partial charge in [0.25, 0.3) is 5.91 Å². The van der Waals surface area contributed by atoms with Crippen molar-refractivity contribution in [3.8, 4) is 0 Å². The molecule has 32 heavy (non-hydrogen) atoms. The van der Waals surface area contributed by atoms with Gasteiger partial charge < -0.3 is 15.3 Å². The summed E-state index contributed by atoms with van der Waals surface area (Å²) < 4.78 is 0. The van der Waals surface area contributed by atoms with E-state index in [0.29, 0.717) is 33.0 Å². The van der Waals surface area contributed by atoms with E-state index in [1.165, 1.54) is 0 Å². The Hall–Kier alpha value is -2.54. The molecule has 0 saturated carbocycles. The lowest BCUT2D eigenvalue weighted by molar-refractivity contribution is 0.0698. The molecule has 0 aliphatic rings. The average Bonchev–Trinajstić information content (AvgIpc) is 2.72. The minimum absolute atomic E-state index is 0. The first-order valence-electron chi connectivity index (χ1n) is 9.93. The van der Waals surface area contributed by atoms with Crippen molar-refractivity contribution in [3.05, 3.63) is 64.7 Å². The number of aromatic carboxylic acids is 1. The molecule has 2 aromatic carbocycles. The van der Waals surface area contributed by atoms with Gasteiger partial charge in [0, 0.05) is 34.7 Å². The zero-order valence-corrected chi connectivity index (χ0v) is 20.2. The van der Waals surface area contributed by atoms with Crippen LogP contribution in [0.3, 0.4) is 0 Å². The second-order valence-electron chi connectivity index (χ2n) is 7.02. The SMILES string of the molecule is CCCN(CCC)c1cc(C(=O)O)c2cc(NC(=O)c3cccc(Cl)c3)ccc2n1.Cl.Cl. The van der Waals surface area contributed by atoms with E-state index in [1.807, 2.05) is 0 Å². The number of amides is 1. The van der Waals surface area contributed by atoms with Gasteiger partial charge in [0.2, 0.25) is 0 Å². The molecule has 0 fully saturated rings. The van der Waals surface area contributed by atoms with Crippen LogP contribution in [0.25, 0.3) is 10.9 Å². The molecule has 0 aliphatic carbocycles. The molecule has 9 heteroatoms. The molecular formula is C23H26Cl3N3O3. The van der Waals surface area contributed by atoms with Crippen LogP contribution in [-0.4, -0.2) is 35.1 Å². The summed E-state index contributed by atoms with van der Waals surface area (Å²) in [6.45, 7) is 5.77. The Labute approximate surface area is 204 Å². The lowest BCUT2D eigenvalue weighted by Crippen LogP contribution is -2.26. The highest BCUT2D eigenvalue weighted by Crippen LogP contribution is 2.27. The molecule has 0 spiro atoms. The van der Waals surface area contributed by atoms with Gasteiger partial charge in [-0.05, 0) is 55.3 Å². The number of aromatic nitrogens is 1. The van der Waals surface area contributed by atoms with Gasteiger partial charge in [-0.2, -0.15) is 0 Å².